The van der Waals surface area contributed by atoms with Crippen LogP contribution in [-0.4, -0.2) is 35.3 Å². The first-order valence-corrected chi connectivity index (χ1v) is 7.08. The van der Waals surface area contributed by atoms with Gasteiger partial charge in [-0.3, -0.25) is 9.59 Å². The van der Waals surface area contributed by atoms with Crippen molar-refractivity contribution in [2.75, 3.05) is 6.54 Å². The molecule has 2 aliphatic rings. The van der Waals surface area contributed by atoms with Gasteiger partial charge >= 0.3 is 0 Å². The van der Waals surface area contributed by atoms with Crippen molar-refractivity contribution >= 4 is 11.8 Å². The van der Waals surface area contributed by atoms with Gasteiger partial charge in [0.1, 0.15) is 5.41 Å². The van der Waals surface area contributed by atoms with Crippen LogP contribution in [0.5, 0.6) is 0 Å². The number of carbonyl (C=O) groups is 2. The van der Waals surface area contributed by atoms with Gasteiger partial charge in [-0.15, -0.1) is 0 Å². The molecule has 1 N–H and O–H groups in total. The number of nitriles is 1. The number of amides is 2. The van der Waals surface area contributed by atoms with Crippen LogP contribution in [0.3, 0.4) is 0 Å². The average molecular weight is 263 g/mol. The molecule has 2 aliphatic heterocycles. The molecule has 2 unspecified atom stereocenters. The predicted octanol–water partition coefficient (Wildman–Crippen LogP) is 1.20. The van der Waals surface area contributed by atoms with Crippen molar-refractivity contribution in [3.63, 3.8) is 0 Å². The first-order chi connectivity index (χ1) is 9.07. The Morgan fingerprint density at radius 2 is 2.05 bits per heavy atom. The molecule has 0 aromatic rings. The summed E-state index contributed by atoms with van der Waals surface area (Å²) >= 11 is 0. The summed E-state index contributed by atoms with van der Waals surface area (Å²) in [4.78, 5) is 26.2. The van der Waals surface area contributed by atoms with Crippen LogP contribution in [0.2, 0.25) is 0 Å². The lowest BCUT2D eigenvalue weighted by atomic mass is 9.82. The molecule has 0 spiro atoms. The first kappa shape index (κ1) is 13.9. The van der Waals surface area contributed by atoms with Crippen LogP contribution < -0.4 is 5.32 Å². The molecule has 0 saturated carbocycles. The summed E-state index contributed by atoms with van der Waals surface area (Å²) in [6, 6.07) is 2.26. The summed E-state index contributed by atoms with van der Waals surface area (Å²) in [7, 11) is 0. The lowest BCUT2D eigenvalue weighted by Crippen LogP contribution is -2.49. The molecule has 2 heterocycles. The summed E-state index contributed by atoms with van der Waals surface area (Å²) in [6.45, 7) is 4.29. The zero-order valence-corrected chi connectivity index (χ0v) is 11.6. The quantitative estimate of drug-likeness (QED) is 0.831. The number of fused-ring (bicyclic) bond motifs is 2. The third kappa shape index (κ3) is 2.20. The van der Waals surface area contributed by atoms with Crippen LogP contribution in [0.4, 0.5) is 0 Å². The van der Waals surface area contributed by atoms with Crippen LogP contribution in [0, 0.1) is 16.7 Å². The Labute approximate surface area is 113 Å². The molecule has 19 heavy (non-hydrogen) atoms. The Bertz CT molecular complexity index is 423. The molecule has 0 radical (unpaired) electrons. The SMILES string of the molecule is CCC(C#N)(CC)C(=O)N1C2CCC1CC(=O)NC2. The van der Waals surface area contributed by atoms with Crippen LogP contribution >= 0.6 is 0 Å². The van der Waals surface area contributed by atoms with Gasteiger partial charge in [0.2, 0.25) is 11.8 Å². The lowest BCUT2D eigenvalue weighted by Gasteiger charge is -2.34. The first-order valence-electron chi connectivity index (χ1n) is 7.08. The number of nitrogens with zero attached hydrogens (tertiary/aromatic N) is 2. The molecule has 5 heteroatoms. The maximum atomic E-state index is 12.8. The largest absolute Gasteiger partial charge is 0.354 e. The molecule has 2 amide bonds. The highest BCUT2D eigenvalue weighted by Crippen LogP contribution is 2.36. The summed E-state index contributed by atoms with van der Waals surface area (Å²) < 4.78 is 0. The Balaban J connectivity index is 2.28. The number of carbonyl (C=O) groups excluding carboxylic acids is 2. The smallest absolute Gasteiger partial charge is 0.243 e. The van der Waals surface area contributed by atoms with Crippen molar-refractivity contribution in [1.82, 2.24) is 10.2 Å². The van der Waals surface area contributed by atoms with Crippen LogP contribution in [0.1, 0.15) is 46.0 Å². The molecule has 0 aliphatic carbocycles. The van der Waals surface area contributed by atoms with Crippen molar-refractivity contribution < 1.29 is 9.59 Å². The zero-order chi connectivity index (χ0) is 14.0. The van der Waals surface area contributed by atoms with Crippen molar-refractivity contribution in [2.45, 2.75) is 58.0 Å². The fourth-order valence-corrected chi connectivity index (χ4v) is 3.22. The van der Waals surface area contributed by atoms with Gasteiger partial charge in [0.25, 0.3) is 0 Å². The van der Waals surface area contributed by atoms with Crippen molar-refractivity contribution in [3.8, 4) is 6.07 Å². The molecule has 2 atom stereocenters. The molecule has 2 bridgehead atoms. The van der Waals surface area contributed by atoms with Gasteiger partial charge in [0.15, 0.2) is 0 Å². The van der Waals surface area contributed by atoms with E-state index in [1.54, 1.807) is 0 Å². The minimum atomic E-state index is -0.922. The molecule has 2 saturated heterocycles. The summed E-state index contributed by atoms with van der Waals surface area (Å²) in [6.07, 6.45) is 3.22. The van der Waals surface area contributed by atoms with Crippen molar-refractivity contribution in [1.29, 1.82) is 5.26 Å². The maximum Gasteiger partial charge on any atom is 0.243 e. The molecule has 104 valence electrons. The van der Waals surface area contributed by atoms with Gasteiger partial charge in [0.05, 0.1) is 6.07 Å². The van der Waals surface area contributed by atoms with Gasteiger partial charge in [-0.1, -0.05) is 13.8 Å². The van der Waals surface area contributed by atoms with E-state index in [9.17, 15) is 14.9 Å². The Morgan fingerprint density at radius 1 is 1.42 bits per heavy atom. The standard InChI is InChI=1S/C14H21N3O2/c1-3-14(4-2,9-15)13(19)17-10-5-6-11(17)8-16-12(18)7-10/h10-11H,3-8H2,1-2H3,(H,16,18). The highest BCUT2D eigenvalue weighted by atomic mass is 16.2. The van der Waals surface area contributed by atoms with Gasteiger partial charge in [-0.05, 0) is 25.7 Å². The van der Waals surface area contributed by atoms with E-state index in [4.69, 9.17) is 0 Å². The van der Waals surface area contributed by atoms with Crippen LogP contribution in [0.25, 0.3) is 0 Å². The number of nitrogens with one attached hydrogen (secondary N) is 1. The van der Waals surface area contributed by atoms with Crippen LogP contribution in [0.15, 0.2) is 0 Å². The molecular formula is C14H21N3O2. The van der Waals surface area contributed by atoms with Crippen molar-refractivity contribution in [2.24, 2.45) is 5.41 Å². The second-order valence-corrected chi connectivity index (χ2v) is 5.51. The van der Waals surface area contributed by atoms with Crippen molar-refractivity contribution in [3.05, 3.63) is 0 Å². The minimum absolute atomic E-state index is 0.0144. The summed E-state index contributed by atoms with van der Waals surface area (Å²) in [5, 5.41) is 12.3. The monoisotopic (exact) mass is 263 g/mol. The maximum absolute atomic E-state index is 12.8. The second-order valence-electron chi connectivity index (χ2n) is 5.51. The Kier molecular flexibility index (Phi) is 3.79. The molecule has 5 nitrogen and oxygen atoms in total. The fourth-order valence-electron chi connectivity index (χ4n) is 3.22. The van der Waals surface area contributed by atoms with Gasteiger partial charge in [-0.2, -0.15) is 5.26 Å². The number of hydrogen-bond acceptors (Lipinski definition) is 3. The molecule has 2 rings (SSSR count). The predicted molar refractivity (Wildman–Crippen MR) is 69.9 cm³/mol. The topological polar surface area (TPSA) is 73.2 Å². The molecule has 0 aromatic heterocycles. The normalized spacial score (nSPS) is 26.6. The van der Waals surface area contributed by atoms with Gasteiger partial charge < -0.3 is 10.2 Å². The Morgan fingerprint density at radius 3 is 2.63 bits per heavy atom. The zero-order valence-electron chi connectivity index (χ0n) is 11.6. The van der Waals surface area contributed by atoms with E-state index in [0.29, 0.717) is 25.8 Å². The molecular weight excluding hydrogens is 242 g/mol. The van der Waals surface area contributed by atoms with E-state index in [0.717, 1.165) is 12.8 Å². The van der Waals surface area contributed by atoms with E-state index < -0.39 is 5.41 Å². The van der Waals surface area contributed by atoms with E-state index in [1.165, 1.54) is 0 Å². The average Bonchev–Trinajstić information content (AvgIpc) is 2.72. The van der Waals surface area contributed by atoms with E-state index in [1.807, 2.05) is 18.7 Å². The third-order valence-corrected chi connectivity index (χ3v) is 4.64. The number of rotatable bonds is 3. The minimum Gasteiger partial charge on any atom is -0.354 e. The van der Waals surface area contributed by atoms with E-state index in [2.05, 4.69) is 11.4 Å². The third-order valence-electron chi connectivity index (χ3n) is 4.64. The highest BCUT2D eigenvalue weighted by molar-refractivity contribution is 5.87. The summed E-state index contributed by atoms with van der Waals surface area (Å²) in [5.41, 5.74) is -0.922. The highest BCUT2D eigenvalue weighted by Gasteiger charge is 2.47. The second kappa shape index (κ2) is 5.20. The van der Waals surface area contributed by atoms with Gasteiger partial charge in [-0.25, -0.2) is 0 Å². The lowest BCUT2D eigenvalue weighted by molar-refractivity contribution is -0.142. The number of hydrogen-bond donors (Lipinski definition) is 1. The Hall–Kier alpha value is -1.57. The molecule has 2 fully saturated rings. The van der Waals surface area contributed by atoms with E-state index >= 15 is 0 Å². The van der Waals surface area contributed by atoms with Gasteiger partial charge in [0, 0.05) is 25.0 Å². The van der Waals surface area contributed by atoms with Crippen LogP contribution in [-0.2, 0) is 9.59 Å². The molecule has 0 aromatic carbocycles. The fraction of sp³-hybridized carbons (Fsp3) is 0.786. The van der Waals surface area contributed by atoms with E-state index in [-0.39, 0.29) is 23.9 Å². The summed E-state index contributed by atoms with van der Waals surface area (Å²) in [5.74, 6) is -0.0652.